The Morgan fingerprint density at radius 3 is 2.61 bits per heavy atom. The Balaban J connectivity index is 1.67. The monoisotopic (exact) mass is 380 g/mol. The van der Waals surface area contributed by atoms with E-state index in [1.807, 2.05) is 6.07 Å². The van der Waals surface area contributed by atoms with E-state index in [9.17, 15) is 9.59 Å². The molecule has 1 aromatic carbocycles. The van der Waals surface area contributed by atoms with Gasteiger partial charge in [-0.15, -0.1) is 0 Å². The van der Waals surface area contributed by atoms with Crippen molar-refractivity contribution in [2.24, 2.45) is 0 Å². The van der Waals surface area contributed by atoms with E-state index < -0.39 is 5.97 Å². The lowest BCUT2D eigenvalue weighted by atomic mass is 10.2. The molecule has 0 unspecified atom stereocenters. The molecule has 0 radical (unpaired) electrons. The van der Waals surface area contributed by atoms with Gasteiger partial charge in [0.2, 0.25) is 0 Å². The van der Waals surface area contributed by atoms with Gasteiger partial charge in [0.1, 0.15) is 23.1 Å². The van der Waals surface area contributed by atoms with Crippen LogP contribution in [0.2, 0.25) is 0 Å². The summed E-state index contributed by atoms with van der Waals surface area (Å²) in [6, 6.07) is 11.7. The summed E-state index contributed by atoms with van der Waals surface area (Å²) in [7, 11) is 0. The van der Waals surface area contributed by atoms with Gasteiger partial charge in [-0.25, -0.2) is 14.8 Å². The molecule has 0 bridgehead atoms. The minimum absolute atomic E-state index is 0.226. The number of aromatic nitrogens is 2. The van der Waals surface area contributed by atoms with Gasteiger partial charge in [-0.2, -0.15) is 0 Å². The fourth-order valence-electron chi connectivity index (χ4n) is 2.46. The van der Waals surface area contributed by atoms with Gasteiger partial charge < -0.3 is 19.8 Å². The number of anilines is 2. The maximum Gasteiger partial charge on any atom is 0.338 e. The molecule has 28 heavy (non-hydrogen) atoms. The Morgan fingerprint density at radius 2 is 1.93 bits per heavy atom. The maximum absolute atomic E-state index is 12.5. The van der Waals surface area contributed by atoms with Crippen molar-refractivity contribution in [1.82, 2.24) is 9.97 Å². The van der Waals surface area contributed by atoms with Crippen molar-refractivity contribution < 1.29 is 18.7 Å². The van der Waals surface area contributed by atoms with Crippen molar-refractivity contribution in [3.05, 3.63) is 71.6 Å². The standard InChI is InChI=1S/C20H20N4O4/c1-3-27-20(26)14-6-8-15(9-7-14)24-19(25)17-11-18(23-13(2)22-17)21-12-16-5-4-10-28-16/h4-11H,3,12H2,1-2H3,(H,24,25)(H,21,22,23). The Kier molecular flexibility index (Phi) is 6.01. The molecule has 0 saturated carbocycles. The lowest BCUT2D eigenvalue weighted by Crippen LogP contribution is -2.16. The van der Waals surface area contributed by atoms with Crippen molar-refractivity contribution in [3.63, 3.8) is 0 Å². The molecule has 0 aliphatic heterocycles. The molecule has 3 rings (SSSR count). The predicted molar refractivity (Wildman–Crippen MR) is 103 cm³/mol. The highest BCUT2D eigenvalue weighted by molar-refractivity contribution is 6.03. The van der Waals surface area contributed by atoms with E-state index in [2.05, 4.69) is 20.6 Å². The van der Waals surface area contributed by atoms with E-state index in [4.69, 9.17) is 9.15 Å². The van der Waals surface area contributed by atoms with E-state index in [0.29, 0.717) is 36.0 Å². The third kappa shape index (κ3) is 4.94. The van der Waals surface area contributed by atoms with Crippen LogP contribution in [0.4, 0.5) is 11.5 Å². The maximum atomic E-state index is 12.5. The second-order valence-corrected chi connectivity index (χ2v) is 5.87. The minimum atomic E-state index is -0.404. The van der Waals surface area contributed by atoms with Crippen molar-refractivity contribution >= 4 is 23.4 Å². The molecule has 0 fully saturated rings. The van der Waals surface area contributed by atoms with Crippen LogP contribution in [0.25, 0.3) is 0 Å². The molecular formula is C20H20N4O4. The number of aryl methyl sites for hydroxylation is 1. The topological polar surface area (TPSA) is 106 Å². The number of hydrogen-bond donors (Lipinski definition) is 2. The van der Waals surface area contributed by atoms with Crippen LogP contribution in [-0.2, 0) is 11.3 Å². The zero-order chi connectivity index (χ0) is 19.9. The first-order valence-corrected chi connectivity index (χ1v) is 8.75. The fourth-order valence-corrected chi connectivity index (χ4v) is 2.46. The molecule has 0 spiro atoms. The smallest absolute Gasteiger partial charge is 0.338 e. The normalized spacial score (nSPS) is 10.4. The van der Waals surface area contributed by atoms with Crippen LogP contribution < -0.4 is 10.6 Å². The van der Waals surface area contributed by atoms with Gasteiger partial charge in [-0.3, -0.25) is 4.79 Å². The average molecular weight is 380 g/mol. The van der Waals surface area contributed by atoms with Crippen LogP contribution in [0, 0.1) is 6.92 Å². The third-order valence-electron chi connectivity index (χ3n) is 3.75. The van der Waals surface area contributed by atoms with Gasteiger partial charge in [-0.05, 0) is 50.2 Å². The molecular weight excluding hydrogens is 360 g/mol. The molecule has 3 aromatic rings. The van der Waals surface area contributed by atoms with E-state index >= 15 is 0 Å². The second-order valence-electron chi connectivity index (χ2n) is 5.87. The van der Waals surface area contributed by atoms with Crippen molar-refractivity contribution in [1.29, 1.82) is 0 Å². The van der Waals surface area contributed by atoms with Crippen LogP contribution in [0.3, 0.4) is 0 Å². The molecule has 0 saturated heterocycles. The Labute approximate surface area is 162 Å². The lowest BCUT2D eigenvalue weighted by Gasteiger charge is -2.09. The fraction of sp³-hybridized carbons (Fsp3) is 0.200. The van der Waals surface area contributed by atoms with Gasteiger partial charge >= 0.3 is 5.97 Å². The first-order valence-electron chi connectivity index (χ1n) is 8.75. The number of amides is 1. The number of benzene rings is 1. The second kappa shape index (κ2) is 8.81. The number of ether oxygens (including phenoxy) is 1. The van der Waals surface area contributed by atoms with Crippen LogP contribution in [0.15, 0.2) is 53.1 Å². The highest BCUT2D eigenvalue weighted by Crippen LogP contribution is 2.14. The zero-order valence-electron chi connectivity index (χ0n) is 15.6. The van der Waals surface area contributed by atoms with Gasteiger partial charge in [0.15, 0.2) is 0 Å². The number of carbonyl (C=O) groups is 2. The van der Waals surface area contributed by atoms with Gasteiger partial charge in [0.05, 0.1) is 25.0 Å². The van der Waals surface area contributed by atoms with Gasteiger partial charge in [-0.1, -0.05) is 0 Å². The molecule has 0 aliphatic rings. The number of nitrogens with zero attached hydrogens (tertiary/aromatic N) is 2. The van der Waals surface area contributed by atoms with Crippen LogP contribution in [-0.4, -0.2) is 28.5 Å². The summed E-state index contributed by atoms with van der Waals surface area (Å²) in [6.07, 6.45) is 1.59. The summed E-state index contributed by atoms with van der Waals surface area (Å²) < 4.78 is 10.2. The molecule has 0 atom stereocenters. The molecule has 2 N–H and O–H groups in total. The number of carbonyl (C=O) groups excluding carboxylic acids is 2. The summed E-state index contributed by atoms with van der Waals surface area (Å²) in [5, 5.41) is 5.86. The Hall–Kier alpha value is -3.68. The summed E-state index contributed by atoms with van der Waals surface area (Å²) >= 11 is 0. The first kappa shape index (κ1) is 19.1. The summed E-state index contributed by atoms with van der Waals surface area (Å²) in [5.74, 6) is 0.956. The van der Waals surface area contributed by atoms with Gasteiger partial charge in [0.25, 0.3) is 5.91 Å². The van der Waals surface area contributed by atoms with E-state index in [1.54, 1.807) is 56.5 Å². The number of furan rings is 1. The summed E-state index contributed by atoms with van der Waals surface area (Å²) in [4.78, 5) is 32.7. The average Bonchev–Trinajstić information content (AvgIpc) is 3.20. The highest BCUT2D eigenvalue weighted by Gasteiger charge is 2.12. The molecule has 144 valence electrons. The number of nitrogens with one attached hydrogen (secondary N) is 2. The van der Waals surface area contributed by atoms with Gasteiger partial charge in [0, 0.05) is 11.8 Å². The largest absolute Gasteiger partial charge is 0.467 e. The van der Waals surface area contributed by atoms with Crippen molar-refractivity contribution in [2.45, 2.75) is 20.4 Å². The van der Waals surface area contributed by atoms with E-state index in [0.717, 1.165) is 5.76 Å². The lowest BCUT2D eigenvalue weighted by molar-refractivity contribution is 0.0526. The van der Waals surface area contributed by atoms with Crippen LogP contribution in [0.1, 0.15) is 39.4 Å². The molecule has 2 heterocycles. The highest BCUT2D eigenvalue weighted by atomic mass is 16.5. The molecule has 0 aliphatic carbocycles. The van der Waals surface area contributed by atoms with Crippen molar-refractivity contribution in [2.75, 3.05) is 17.2 Å². The molecule has 2 aromatic heterocycles. The SMILES string of the molecule is CCOC(=O)c1ccc(NC(=O)c2cc(NCc3ccco3)nc(C)n2)cc1. The van der Waals surface area contributed by atoms with E-state index in [1.165, 1.54) is 0 Å². The third-order valence-corrected chi connectivity index (χ3v) is 3.75. The van der Waals surface area contributed by atoms with Crippen LogP contribution >= 0.6 is 0 Å². The quantitative estimate of drug-likeness (QED) is 0.605. The Morgan fingerprint density at radius 1 is 1.14 bits per heavy atom. The van der Waals surface area contributed by atoms with Crippen LogP contribution in [0.5, 0.6) is 0 Å². The number of hydrogen-bond acceptors (Lipinski definition) is 7. The Bertz CT molecular complexity index is 953. The number of rotatable bonds is 7. The molecule has 1 amide bonds. The zero-order valence-corrected chi connectivity index (χ0v) is 15.6. The van der Waals surface area contributed by atoms with E-state index in [-0.39, 0.29) is 11.6 Å². The predicted octanol–water partition coefficient (Wildman–Crippen LogP) is 3.42. The minimum Gasteiger partial charge on any atom is -0.467 e. The number of esters is 1. The molecule has 8 heteroatoms. The molecule has 8 nitrogen and oxygen atoms in total. The van der Waals surface area contributed by atoms with Crippen molar-refractivity contribution in [3.8, 4) is 0 Å². The summed E-state index contributed by atoms with van der Waals surface area (Å²) in [6.45, 7) is 4.21. The first-order chi connectivity index (χ1) is 13.5. The summed E-state index contributed by atoms with van der Waals surface area (Å²) in [5.41, 5.74) is 1.19.